The lowest BCUT2D eigenvalue weighted by molar-refractivity contribution is 0.593. The molecular weight excluding hydrogens is 258 g/mol. The highest BCUT2D eigenvalue weighted by Crippen LogP contribution is 2.32. The Morgan fingerprint density at radius 1 is 1.10 bits per heavy atom. The van der Waals surface area contributed by atoms with Gasteiger partial charge in [0.1, 0.15) is 11.6 Å². The highest BCUT2D eigenvalue weighted by molar-refractivity contribution is 5.67. The van der Waals surface area contributed by atoms with Crippen LogP contribution in [0, 0.1) is 11.6 Å². The van der Waals surface area contributed by atoms with Crippen LogP contribution in [0.1, 0.15) is 25.5 Å². The van der Waals surface area contributed by atoms with E-state index in [9.17, 15) is 8.78 Å². The maximum atomic E-state index is 14.0. The summed E-state index contributed by atoms with van der Waals surface area (Å²) in [6.07, 6.45) is 0. The van der Waals surface area contributed by atoms with Gasteiger partial charge in [0.25, 0.3) is 0 Å². The average Bonchev–Trinajstić information content (AvgIpc) is 2.41. The average molecular weight is 276 g/mol. The number of halogens is 2. The van der Waals surface area contributed by atoms with Crippen LogP contribution >= 0.6 is 0 Å². The molecule has 0 radical (unpaired) electrons. The van der Waals surface area contributed by atoms with E-state index in [1.54, 1.807) is 25.1 Å². The van der Waals surface area contributed by atoms with E-state index in [0.717, 1.165) is 5.69 Å². The third-order valence-electron chi connectivity index (χ3n) is 3.23. The first-order chi connectivity index (χ1) is 9.54. The second kappa shape index (κ2) is 6.01. The summed E-state index contributed by atoms with van der Waals surface area (Å²) in [5.74, 6) is -0.616. The van der Waals surface area contributed by atoms with Gasteiger partial charge in [-0.1, -0.05) is 6.07 Å². The SMILES string of the molecule is CCN(c1ccc(F)cc1)c1cccc(F)c1[C@@H](C)N. The Labute approximate surface area is 117 Å². The van der Waals surface area contributed by atoms with Gasteiger partial charge >= 0.3 is 0 Å². The van der Waals surface area contributed by atoms with Crippen molar-refractivity contribution >= 4 is 11.4 Å². The Bertz CT molecular complexity index is 580. The summed E-state index contributed by atoms with van der Waals surface area (Å²) < 4.78 is 27.0. The molecule has 0 saturated carbocycles. The first-order valence-corrected chi connectivity index (χ1v) is 6.61. The van der Waals surface area contributed by atoms with E-state index in [2.05, 4.69) is 0 Å². The number of anilines is 2. The number of rotatable bonds is 4. The molecular formula is C16H18F2N2. The number of nitrogens with two attached hydrogens (primary N) is 1. The monoisotopic (exact) mass is 276 g/mol. The van der Waals surface area contributed by atoms with Crippen molar-refractivity contribution in [2.45, 2.75) is 19.9 Å². The van der Waals surface area contributed by atoms with Crippen molar-refractivity contribution in [3.8, 4) is 0 Å². The summed E-state index contributed by atoms with van der Waals surface area (Å²) in [7, 11) is 0. The maximum Gasteiger partial charge on any atom is 0.130 e. The molecule has 2 rings (SSSR count). The molecule has 2 aromatic carbocycles. The molecule has 2 nitrogen and oxygen atoms in total. The number of hydrogen-bond acceptors (Lipinski definition) is 2. The smallest absolute Gasteiger partial charge is 0.130 e. The molecule has 0 aliphatic rings. The van der Waals surface area contributed by atoms with Crippen LogP contribution in [0.2, 0.25) is 0 Å². The molecule has 0 heterocycles. The second-order valence-electron chi connectivity index (χ2n) is 4.68. The zero-order valence-corrected chi connectivity index (χ0v) is 11.6. The van der Waals surface area contributed by atoms with E-state index >= 15 is 0 Å². The van der Waals surface area contributed by atoms with E-state index in [1.807, 2.05) is 17.9 Å². The standard InChI is InChI=1S/C16H18F2N2/c1-3-20(13-9-7-12(17)8-10-13)15-6-4-5-14(18)16(15)11(2)19/h4-11H,3,19H2,1-2H3/t11-/m1/s1. The number of hydrogen-bond donors (Lipinski definition) is 1. The lowest BCUT2D eigenvalue weighted by Gasteiger charge is -2.27. The minimum absolute atomic E-state index is 0.295. The van der Waals surface area contributed by atoms with Gasteiger partial charge in [0, 0.05) is 29.5 Å². The van der Waals surface area contributed by atoms with Gasteiger partial charge in [0.05, 0.1) is 0 Å². The van der Waals surface area contributed by atoms with E-state index in [1.165, 1.54) is 18.2 Å². The Morgan fingerprint density at radius 2 is 1.75 bits per heavy atom. The molecule has 0 aliphatic heterocycles. The highest BCUT2D eigenvalue weighted by Gasteiger charge is 2.17. The quantitative estimate of drug-likeness (QED) is 0.909. The molecule has 0 aromatic heterocycles. The van der Waals surface area contributed by atoms with Crippen LogP contribution in [0.5, 0.6) is 0 Å². The second-order valence-corrected chi connectivity index (χ2v) is 4.68. The van der Waals surface area contributed by atoms with E-state index in [-0.39, 0.29) is 11.6 Å². The van der Waals surface area contributed by atoms with Crippen LogP contribution in [0.25, 0.3) is 0 Å². The molecule has 20 heavy (non-hydrogen) atoms. The highest BCUT2D eigenvalue weighted by atomic mass is 19.1. The Hall–Kier alpha value is -1.94. The molecule has 4 heteroatoms. The summed E-state index contributed by atoms with van der Waals surface area (Å²) >= 11 is 0. The molecule has 106 valence electrons. The van der Waals surface area contributed by atoms with Gasteiger partial charge in [-0.3, -0.25) is 0 Å². The molecule has 0 unspecified atom stereocenters. The fourth-order valence-electron chi connectivity index (χ4n) is 2.32. The van der Waals surface area contributed by atoms with Crippen molar-refractivity contribution < 1.29 is 8.78 Å². The van der Waals surface area contributed by atoms with Crippen molar-refractivity contribution in [1.29, 1.82) is 0 Å². The van der Waals surface area contributed by atoms with Gasteiger partial charge in [0.15, 0.2) is 0 Å². The number of benzene rings is 2. The van der Waals surface area contributed by atoms with Crippen molar-refractivity contribution in [1.82, 2.24) is 0 Å². The Morgan fingerprint density at radius 3 is 2.30 bits per heavy atom. The fraction of sp³-hybridized carbons (Fsp3) is 0.250. The van der Waals surface area contributed by atoms with Gasteiger partial charge in [0.2, 0.25) is 0 Å². The Kier molecular flexibility index (Phi) is 4.35. The number of nitrogens with zero attached hydrogens (tertiary/aromatic N) is 1. The Balaban J connectivity index is 2.52. The summed E-state index contributed by atoms with van der Waals surface area (Å²) in [5, 5.41) is 0. The van der Waals surface area contributed by atoms with E-state index < -0.39 is 6.04 Å². The van der Waals surface area contributed by atoms with Crippen LogP contribution < -0.4 is 10.6 Å². The molecule has 0 amide bonds. The molecule has 1 atom stereocenters. The van der Waals surface area contributed by atoms with Crippen LogP contribution in [-0.4, -0.2) is 6.54 Å². The predicted molar refractivity (Wildman–Crippen MR) is 78.1 cm³/mol. The molecule has 0 spiro atoms. The van der Waals surface area contributed by atoms with E-state index in [4.69, 9.17) is 5.73 Å². The molecule has 0 saturated heterocycles. The third-order valence-corrected chi connectivity index (χ3v) is 3.23. The predicted octanol–water partition coefficient (Wildman–Crippen LogP) is 4.14. The molecule has 0 fully saturated rings. The lowest BCUT2D eigenvalue weighted by Crippen LogP contribution is -2.21. The van der Waals surface area contributed by atoms with Gasteiger partial charge in [-0.2, -0.15) is 0 Å². The van der Waals surface area contributed by atoms with E-state index in [0.29, 0.717) is 17.8 Å². The zero-order chi connectivity index (χ0) is 14.7. The molecule has 2 N–H and O–H groups in total. The third kappa shape index (κ3) is 2.80. The van der Waals surface area contributed by atoms with Crippen molar-refractivity contribution in [2.75, 3.05) is 11.4 Å². The van der Waals surface area contributed by atoms with Crippen LogP contribution in [-0.2, 0) is 0 Å². The first kappa shape index (κ1) is 14.5. The topological polar surface area (TPSA) is 29.3 Å². The normalized spacial score (nSPS) is 12.2. The van der Waals surface area contributed by atoms with Crippen molar-refractivity contribution in [2.24, 2.45) is 5.73 Å². The molecule has 0 bridgehead atoms. The van der Waals surface area contributed by atoms with Crippen LogP contribution in [0.15, 0.2) is 42.5 Å². The first-order valence-electron chi connectivity index (χ1n) is 6.61. The summed E-state index contributed by atoms with van der Waals surface area (Å²) in [5.41, 5.74) is 7.88. The lowest BCUT2D eigenvalue weighted by atomic mass is 10.0. The van der Waals surface area contributed by atoms with Gasteiger partial charge in [-0.05, 0) is 50.2 Å². The minimum Gasteiger partial charge on any atom is -0.341 e. The largest absolute Gasteiger partial charge is 0.341 e. The minimum atomic E-state index is -0.416. The van der Waals surface area contributed by atoms with Gasteiger partial charge in [-0.25, -0.2) is 8.78 Å². The zero-order valence-electron chi connectivity index (χ0n) is 11.6. The summed E-state index contributed by atoms with van der Waals surface area (Å²) in [4.78, 5) is 1.92. The molecule has 0 aliphatic carbocycles. The van der Waals surface area contributed by atoms with Crippen LogP contribution in [0.3, 0.4) is 0 Å². The summed E-state index contributed by atoms with van der Waals surface area (Å²) in [6, 6.07) is 10.6. The van der Waals surface area contributed by atoms with Gasteiger partial charge in [-0.15, -0.1) is 0 Å². The molecule has 2 aromatic rings. The summed E-state index contributed by atoms with van der Waals surface area (Å²) in [6.45, 7) is 4.34. The van der Waals surface area contributed by atoms with Crippen molar-refractivity contribution in [3.63, 3.8) is 0 Å². The fourth-order valence-corrected chi connectivity index (χ4v) is 2.32. The van der Waals surface area contributed by atoms with Gasteiger partial charge < -0.3 is 10.6 Å². The van der Waals surface area contributed by atoms with Crippen molar-refractivity contribution in [3.05, 3.63) is 59.7 Å². The van der Waals surface area contributed by atoms with Crippen LogP contribution in [0.4, 0.5) is 20.2 Å². The maximum absolute atomic E-state index is 14.0.